The third-order valence-electron chi connectivity index (χ3n) is 4.85. The summed E-state index contributed by atoms with van der Waals surface area (Å²) in [6, 6.07) is 26.5. The van der Waals surface area contributed by atoms with Crippen LogP contribution in [0, 0.1) is 0 Å². The number of para-hydroxylation sites is 2. The van der Waals surface area contributed by atoms with Crippen LogP contribution in [0.3, 0.4) is 0 Å². The van der Waals surface area contributed by atoms with E-state index in [-0.39, 0.29) is 11.9 Å². The molecule has 1 N–H and O–H groups in total. The minimum Gasteiger partial charge on any atom is -0.504 e. The second-order valence-electron chi connectivity index (χ2n) is 6.36. The van der Waals surface area contributed by atoms with E-state index in [9.17, 15) is 5.11 Å². The molecule has 132 valence electrons. The summed E-state index contributed by atoms with van der Waals surface area (Å²) < 4.78 is 5.34. The van der Waals surface area contributed by atoms with Gasteiger partial charge in [-0.25, -0.2) is 0 Å². The van der Waals surface area contributed by atoms with Crippen LogP contribution in [0.5, 0.6) is 11.5 Å². The van der Waals surface area contributed by atoms with Crippen molar-refractivity contribution in [2.45, 2.75) is 6.17 Å². The smallest absolute Gasteiger partial charge is 0.160 e. The summed E-state index contributed by atoms with van der Waals surface area (Å²) in [6.07, 6.45) is 0.0364. The molecule has 1 aliphatic heterocycles. The summed E-state index contributed by atoms with van der Waals surface area (Å²) in [7, 11) is 1.58. The molecule has 0 saturated carbocycles. The van der Waals surface area contributed by atoms with Gasteiger partial charge >= 0.3 is 0 Å². The Morgan fingerprint density at radius 1 is 0.808 bits per heavy atom. The maximum absolute atomic E-state index is 9.99. The zero-order valence-electron chi connectivity index (χ0n) is 14.7. The molecule has 0 amide bonds. The highest BCUT2D eigenvalue weighted by Gasteiger charge is 2.34. The number of benzene rings is 3. The van der Waals surface area contributed by atoms with Gasteiger partial charge in [0.15, 0.2) is 11.5 Å². The molecule has 1 aliphatic rings. The minimum atomic E-state index is 0.0364. The number of ether oxygens (including phenoxy) is 1. The van der Waals surface area contributed by atoms with E-state index in [2.05, 4.69) is 58.3 Å². The van der Waals surface area contributed by atoms with Crippen LogP contribution < -0.4 is 14.5 Å². The van der Waals surface area contributed by atoms with Crippen molar-refractivity contribution in [3.63, 3.8) is 0 Å². The SMILES string of the molecule is COc1cc(C2N(c3ccccc3)CCN2c2ccccc2)ccc1O. The number of hydrogen-bond acceptors (Lipinski definition) is 4. The maximum Gasteiger partial charge on any atom is 0.160 e. The second kappa shape index (κ2) is 7.00. The monoisotopic (exact) mass is 346 g/mol. The summed E-state index contributed by atoms with van der Waals surface area (Å²) in [4.78, 5) is 4.78. The van der Waals surface area contributed by atoms with Gasteiger partial charge in [-0.1, -0.05) is 42.5 Å². The average molecular weight is 346 g/mol. The summed E-state index contributed by atoms with van der Waals surface area (Å²) in [5, 5.41) is 9.99. The highest BCUT2D eigenvalue weighted by Crippen LogP contribution is 2.40. The van der Waals surface area contributed by atoms with Crippen LogP contribution in [0.1, 0.15) is 11.7 Å². The van der Waals surface area contributed by atoms with Gasteiger partial charge < -0.3 is 19.6 Å². The van der Waals surface area contributed by atoms with Crippen molar-refractivity contribution in [3.8, 4) is 11.5 Å². The van der Waals surface area contributed by atoms with Crippen molar-refractivity contribution in [2.75, 3.05) is 30.0 Å². The largest absolute Gasteiger partial charge is 0.504 e. The molecule has 3 aromatic carbocycles. The van der Waals surface area contributed by atoms with E-state index in [1.807, 2.05) is 24.3 Å². The Labute approximate surface area is 153 Å². The lowest BCUT2D eigenvalue weighted by molar-refractivity contribution is 0.372. The van der Waals surface area contributed by atoms with Crippen molar-refractivity contribution in [1.29, 1.82) is 0 Å². The molecule has 4 rings (SSSR count). The molecular weight excluding hydrogens is 324 g/mol. The van der Waals surface area contributed by atoms with Crippen LogP contribution in [0.2, 0.25) is 0 Å². The molecule has 0 aliphatic carbocycles. The number of phenolic OH excluding ortho intramolecular Hbond substituents is 1. The molecule has 3 aromatic rings. The fourth-order valence-electron chi connectivity index (χ4n) is 3.62. The van der Waals surface area contributed by atoms with Gasteiger partial charge in [0.05, 0.1) is 7.11 Å². The lowest BCUT2D eigenvalue weighted by Crippen LogP contribution is -2.30. The zero-order valence-corrected chi connectivity index (χ0v) is 14.7. The Balaban J connectivity index is 1.79. The number of hydrogen-bond donors (Lipinski definition) is 1. The second-order valence-corrected chi connectivity index (χ2v) is 6.36. The fraction of sp³-hybridized carbons (Fsp3) is 0.182. The van der Waals surface area contributed by atoms with Crippen LogP contribution in [0.25, 0.3) is 0 Å². The Morgan fingerprint density at radius 3 is 1.85 bits per heavy atom. The first-order valence-corrected chi connectivity index (χ1v) is 8.78. The lowest BCUT2D eigenvalue weighted by Gasteiger charge is -2.33. The first-order valence-electron chi connectivity index (χ1n) is 8.78. The third-order valence-corrected chi connectivity index (χ3v) is 4.85. The number of anilines is 2. The van der Waals surface area contributed by atoms with Gasteiger partial charge in [0.25, 0.3) is 0 Å². The molecule has 26 heavy (non-hydrogen) atoms. The predicted molar refractivity (Wildman–Crippen MR) is 105 cm³/mol. The van der Waals surface area contributed by atoms with Crippen molar-refractivity contribution < 1.29 is 9.84 Å². The average Bonchev–Trinajstić information content (AvgIpc) is 3.15. The molecule has 4 heteroatoms. The van der Waals surface area contributed by atoms with Gasteiger partial charge in [-0.15, -0.1) is 0 Å². The molecule has 1 saturated heterocycles. The highest BCUT2D eigenvalue weighted by atomic mass is 16.5. The van der Waals surface area contributed by atoms with Crippen LogP contribution in [-0.2, 0) is 0 Å². The number of rotatable bonds is 4. The van der Waals surface area contributed by atoms with E-state index in [4.69, 9.17) is 4.74 Å². The number of aromatic hydroxyl groups is 1. The van der Waals surface area contributed by atoms with Crippen LogP contribution in [0.4, 0.5) is 11.4 Å². The van der Waals surface area contributed by atoms with Gasteiger partial charge in [0, 0.05) is 24.5 Å². The van der Waals surface area contributed by atoms with Crippen molar-refractivity contribution in [3.05, 3.63) is 84.4 Å². The van der Waals surface area contributed by atoms with Crippen LogP contribution in [-0.4, -0.2) is 25.3 Å². The maximum atomic E-state index is 9.99. The first-order chi connectivity index (χ1) is 12.8. The van der Waals surface area contributed by atoms with E-state index in [1.165, 1.54) is 11.4 Å². The van der Waals surface area contributed by atoms with Crippen LogP contribution in [0.15, 0.2) is 78.9 Å². The molecule has 0 aromatic heterocycles. The molecule has 0 bridgehead atoms. The Bertz CT molecular complexity index is 820. The minimum absolute atomic E-state index is 0.0364. The molecule has 4 nitrogen and oxygen atoms in total. The molecule has 0 spiro atoms. The van der Waals surface area contributed by atoms with E-state index in [0.717, 1.165) is 18.7 Å². The van der Waals surface area contributed by atoms with E-state index in [1.54, 1.807) is 13.2 Å². The molecular formula is C22H22N2O2. The fourth-order valence-corrected chi connectivity index (χ4v) is 3.62. The quantitative estimate of drug-likeness (QED) is 0.758. The zero-order chi connectivity index (χ0) is 17.9. The standard InChI is InChI=1S/C22H22N2O2/c1-26-21-16-17(12-13-20(21)25)22-23(18-8-4-2-5-9-18)14-15-24(22)19-10-6-3-7-11-19/h2-13,16,22,25H,14-15H2,1H3. The van der Waals surface area contributed by atoms with Gasteiger partial charge in [-0.05, 0) is 42.0 Å². The van der Waals surface area contributed by atoms with E-state index >= 15 is 0 Å². The summed E-state index contributed by atoms with van der Waals surface area (Å²) in [5.41, 5.74) is 3.45. The lowest BCUT2D eigenvalue weighted by atomic mass is 10.1. The van der Waals surface area contributed by atoms with E-state index < -0.39 is 0 Å². The normalized spacial score (nSPS) is 14.7. The number of phenols is 1. The predicted octanol–water partition coefficient (Wildman–Crippen LogP) is 4.43. The molecule has 1 heterocycles. The van der Waals surface area contributed by atoms with Gasteiger partial charge in [0.2, 0.25) is 0 Å². The van der Waals surface area contributed by atoms with Crippen molar-refractivity contribution >= 4 is 11.4 Å². The van der Waals surface area contributed by atoms with E-state index in [0.29, 0.717) is 5.75 Å². The summed E-state index contributed by atoms with van der Waals surface area (Å²) in [6.45, 7) is 1.85. The molecule has 0 radical (unpaired) electrons. The number of methoxy groups -OCH3 is 1. The Kier molecular flexibility index (Phi) is 4.40. The van der Waals surface area contributed by atoms with Gasteiger partial charge in [-0.2, -0.15) is 0 Å². The summed E-state index contributed by atoms with van der Waals surface area (Å²) >= 11 is 0. The topological polar surface area (TPSA) is 35.9 Å². The first kappa shape index (κ1) is 16.3. The third kappa shape index (κ3) is 2.94. The molecule has 0 unspecified atom stereocenters. The molecule has 0 atom stereocenters. The number of nitrogens with zero attached hydrogens (tertiary/aromatic N) is 2. The summed E-state index contributed by atoms with van der Waals surface area (Å²) in [5.74, 6) is 0.655. The Morgan fingerprint density at radius 2 is 1.35 bits per heavy atom. The van der Waals surface area contributed by atoms with Gasteiger partial charge in [0.1, 0.15) is 6.17 Å². The molecule has 1 fully saturated rings. The van der Waals surface area contributed by atoms with Crippen molar-refractivity contribution in [1.82, 2.24) is 0 Å². The van der Waals surface area contributed by atoms with Crippen molar-refractivity contribution in [2.24, 2.45) is 0 Å². The van der Waals surface area contributed by atoms with Crippen LogP contribution >= 0.6 is 0 Å². The Hall–Kier alpha value is -3.14. The van der Waals surface area contributed by atoms with Gasteiger partial charge in [-0.3, -0.25) is 0 Å². The highest BCUT2D eigenvalue weighted by molar-refractivity contribution is 5.60.